The van der Waals surface area contributed by atoms with Gasteiger partial charge in [-0.15, -0.1) is 0 Å². The summed E-state index contributed by atoms with van der Waals surface area (Å²) < 4.78 is 15.1. The van der Waals surface area contributed by atoms with E-state index in [0.29, 0.717) is 18.2 Å². The van der Waals surface area contributed by atoms with E-state index in [0.717, 1.165) is 48.4 Å². The number of carbonyl (C=O) groups excluding carboxylic acids is 1. The average molecular weight is 457 g/mol. The third kappa shape index (κ3) is 4.53. The summed E-state index contributed by atoms with van der Waals surface area (Å²) in [6.45, 7) is 6.29. The van der Waals surface area contributed by atoms with E-state index < -0.39 is 0 Å². The first-order valence-corrected chi connectivity index (χ1v) is 11.8. The van der Waals surface area contributed by atoms with E-state index in [1.54, 1.807) is 12.1 Å². The number of hydrogen-bond acceptors (Lipinski definition) is 3. The van der Waals surface area contributed by atoms with Crippen LogP contribution >= 0.6 is 0 Å². The van der Waals surface area contributed by atoms with Crippen molar-refractivity contribution in [3.63, 3.8) is 0 Å². The van der Waals surface area contributed by atoms with Gasteiger partial charge in [-0.05, 0) is 79.6 Å². The number of imidazole rings is 1. The van der Waals surface area contributed by atoms with Gasteiger partial charge < -0.3 is 10.2 Å². The third-order valence-electron chi connectivity index (χ3n) is 6.75. The summed E-state index contributed by atoms with van der Waals surface area (Å²) in [5.74, 6) is 0.182. The van der Waals surface area contributed by atoms with Gasteiger partial charge in [0.1, 0.15) is 17.2 Å². The normalized spacial score (nSPS) is 14.5. The Labute approximate surface area is 199 Å². The van der Waals surface area contributed by atoms with Gasteiger partial charge in [0, 0.05) is 31.5 Å². The van der Waals surface area contributed by atoms with Gasteiger partial charge in [0.2, 0.25) is 0 Å². The van der Waals surface area contributed by atoms with Crippen LogP contribution in [0.4, 0.5) is 10.1 Å². The summed E-state index contributed by atoms with van der Waals surface area (Å²) in [5.41, 5.74) is 6.64. The number of amides is 1. The molecule has 0 spiro atoms. The quantitative estimate of drug-likeness (QED) is 0.437. The van der Waals surface area contributed by atoms with Crippen LogP contribution < -0.4 is 10.2 Å². The van der Waals surface area contributed by atoms with Crippen molar-refractivity contribution >= 4 is 17.2 Å². The molecule has 2 aromatic carbocycles. The molecule has 1 fully saturated rings. The minimum atomic E-state index is -0.179. The summed E-state index contributed by atoms with van der Waals surface area (Å²) in [6, 6.07) is 19.3. The zero-order valence-corrected chi connectivity index (χ0v) is 19.6. The van der Waals surface area contributed by atoms with Crippen LogP contribution in [0.1, 0.15) is 51.6 Å². The lowest BCUT2D eigenvalue weighted by Gasteiger charge is -2.34. The van der Waals surface area contributed by atoms with E-state index in [2.05, 4.69) is 39.5 Å². The number of nitrogens with zero attached hydrogens (tertiary/aromatic N) is 3. The molecule has 5 rings (SSSR count). The van der Waals surface area contributed by atoms with E-state index in [9.17, 15) is 9.18 Å². The van der Waals surface area contributed by atoms with E-state index >= 15 is 0 Å². The Balaban J connectivity index is 1.18. The van der Waals surface area contributed by atoms with Crippen molar-refractivity contribution in [2.75, 3.05) is 18.0 Å². The molecule has 1 saturated heterocycles. The van der Waals surface area contributed by atoms with Crippen LogP contribution in [0, 0.1) is 19.7 Å². The summed E-state index contributed by atoms with van der Waals surface area (Å²) in [7, 11) is 0. The molecule has 0 bridgehead atoms. The van der Waals surface area contributed by atoms with Gasteiger partial charge in [0.15, 0.2) is 0 Å². The zero-order chi connectivity index (χ0) is 23.7. The van der Waals surface area contributed by atoms with Crippen LogP contribution in [0.3, 0.4) is 0 Å². The Morgan fingerprint density at radius 1 is 1.00 bits per heavy atom. The largest absolute Gasteiger partial charge is 0.371 e. The molecule has 5 nitrogen and oxygen atoms in total. The van der Waals surface area contributed by atoms with Crippen LogP contribution in [0.5, 0.6) is 0 Å². The number of anilines is 1. The predicted octanol–water partition coefficient (Wildman–Crippen LogP) is 5.40. The van der Waals surface area contributed by atoms with Gasteiger partial charge in [-0.1, -0.05) is 30.3 Å². The van der Waals surface area contributed by atoms with Crippen LogP contribution in [-0.2, 0) is 6.54 Å². The molecule has 6 heteroatoms. The number of carbonyl (C=O) groups is 1. The first kappa shape index (κ1) is 22.1. The minimum absolute atomic E-state index is 0.123. The van der Waals surface area contributed by atoms with Crippen LogP contribution in [0.2, 0.25) is 0 Å². The van der Waals surface area contributed by atoms with Crippen LogP contribution in [0.25, 0.3) is 5.65 Å². The van der Waals surface area contributed by atoms with Gasteiger partial charge in [-0.25, -0.2) is 9.37 Å². The van der Waals surface area contributed by atoms with Crippen molar-refractivity contribution in [2.24, 2.45) is 0 Å². The van der Waals surface area contributed by atoms with Gasteiger partial charge in [-0.3, -0.25) is 9.20 Å². The molecule has 174 valence electrons. The van der Waals surface area contributed by atoms with Crippen molar-refractivity contribution in [3.8, 4) is 0 Å². The molecule has 0 atom stereocenters. The maximum absolute atomic E-state index is 13.2. The fourth-order valence-corrected chi connectivity index (χ4v) is 4.84. The monoisotopic (exact) mass is 456 g/mol. The average Bonchev–Trinajstić information content (AvgIpc) is 3.18. The van der Waals surface area contributed by atoms with E-state index in [1.165, 1.54) is 11.3 Å². The van der Waals surface area contributed by atoms with E-state index in [1.807, 2.05) is 48.7 Å². The van der Waals surface area contributed by atoms with Crippen molar-refractivity contribution in [1.82, 2.24) is 14.7 Å². The molecule has 34 heavy (non-hydrogen) atoms. The number of aromatic nitrogens is 2. The highest BCUT2D eigenvalue weighted by atomic mass is 19.1. The Kier molecular flexibility index (Phi) is 6.05. The smallest absolute Gasteiger partial charge is 0.270 e. The molecule has 1 amide bonds. The highest BCUT2D eigenvalue weighted by Crippen LogP contribution is 2.30. The Hall–Kier alpha value is -3.67. The zero-order valence-electron chi connectivity index (χ0n) is 19.6. The highest BCUT2D eigenvalue weighted by Gasteiger charge is 2.21. The predicted molar refractivity (Wildman–Crippen MR) is 133 cm³/mol. The third-order valence-corrected chi connectivity index (χ3v) is 6.75. The molecule has 1 aliphatic rings. The standard InChI is InChI=1S/C28H29FN4O/c1-19-3-12-26-31-20(2)27(33(26)18-19)28(34)30-17-21-4-10-25(11-5-21)32-15-13-23(14-16-32)22-6-8-24(29)9-7-22/h3-12,18,23H,13-17H2,1-2H3,(H,30,34). The number of hydrogen-bond donors (Lipinski definition) is 1. The van der Waals surface area contributed by atoms with Gasteiger partial charge in [0.25, 0.3) is 5.91 Å². The van der Waals surface area contributed by atoms with Crippen molar-refractivity contribution in [1.29, 1.82) is 0 Å². The minimum Gasteiger partial charge on any atom is -0.371 e. The SMILES string of the molecule is Cc1ccc2nc(C)c(C(=O)NCc3ccc(N4CCC(c5ccc(F)cc5)CC4)cc3)n2c1. The lowest BCUT2D eigenvalue weighted by Crippen LogP contribution is -2.32. The molecule has 0 radical (unpaired) electrons. The summed E-state index contributed by atoms with van der Waals surface area (Å²) in [5, 5.41) is 3.04. The van der Waals surface area contributed by atoms with Gasteiger partial charge in [-0.2, -0.15) is 0 Å². The van der Waals surface area contributed by atoms with Crippen molar-refractivity contribution < 1.29 is 9.18 Å². The maximum atomic E-state index is 13.2. The Morgan fingerprint density at radius 2 is 1.71 bits per heavy atom. The number of halogens is 1. The molecule has 4 aromatic rings. The Bertz CT molecular complexity index is 1300. The number of aryl methyl sites for hydroxylation is 2. The molecular formula is C28H29FN4O. The first-order chi connectivity index (χ1) is 16.5. The molecule has 0 aliphatic carbocycles. The van der Waals surface area contributed by atoms with Gasteiger partial charge in [0.05, 0.1) is 5.69 Å². The molecule has 3 heterocycles. The molecule has 2 aromatic heterocycles. The van der Waals surface area contributed by atoms with E-state index in [4.69, 9.17) is 0 Å². The number of pyridine rings is 1. The number of benzene rings is 2. The lowest BCUT2D eigenvalue weighted by atomic mass is 9.89. The second kappa shape index (κ2) is 9.29. The molecule has 0 unspecified atom stereocenters. The lowest BCUT2D eigenvalue weighted by molar-refractivity contribution is 0.0944. The maximum Gasteiger partial charge on any atom is 0.270 e. The summed E-state index contributed by atoms with van der Waals surface area (Å²) >= 11 is 0. The first-order valence-electron chi connectivity index (χ1n) is 11.8. The highest BCUT2D eigenvalue weighted by molar-refractivity contribution is 5.94. The van der Waals surface area contributed by atoms with Gasteiger partial charge >= 0.3 is 0 Å². The fraction of sp³-hybridized carbons (Fsp3) is 0.286. The summed E-state index contributed by atoms with van der Waals surface area (Å²) in [4.78, 5) is 19.8. The second-order valence-electron chi connectivity index (χ2n) is 9.14. The Morgan fingerprint density at radius 3 is 2.41 bits per heavy atom. The van der Waals surface area contributed by atoms with Crippen molar-refractivity contribution in [2.45, 2.75) is 39.2 Å². The summed E-state index contributed by atoms with van der Waals surface area (Å²) in [6.07, 6.45) is 4.06. The molecule has 1 N–H and O–H groups in total. The van der Waals surface area contributed by atoms with Crippen molar-refractivity contribution in [3.05, 3.63) is 101 Å². The van der Waals surface area contributed by atoms with Crippen LogP contribution in [-0.4, -0.2) is 28.4 Å². The molecular weight excluding hydrogens is 427 g/mol. The number of nitrogens with one attached hydrogen (secondary N) is 1. The second-order valence-corrected chi connectivity index (χ2v) is 9.14. The number of rotatable bonds is 5. The molecule has 0 saturated carbocycles. The van der Waals surface area contributed by atoms with E-state index in [-0.39, 0.29) is 11.7 Å². The topological polar surface area (TPSA) is 49.6 Å². The fourth-order valence-electron chi connectivity index (χ4n) is 4.84. The van der Waals surface area contributed by atoms with Crippen LogP contribution in [0.15, 0.2) is 66.9 Å². The number of piperidine rings is 1. The number of fused-ring (bicyclic) bond motifs is 1. The molecule has 1 aliphatic heterocycles.